The zero-order chi connectivity index (χ0) is 21.1. The van der Waals surface area contributed by atoms with E-state index in [0.29, 0.717) is 42.8 Å². The second kappa shape index (κ2) is 8.66. The Balaban J connectivity index is 1.58. The Morgan fingerprint density at radius 3 is 2.90 bits per heavy atom. The first-order valence-corrected chi connectivity index (χ1v) is 10.1. The predicted octanol–water partition coefficient (Wildman–Crippen LogP) is 0.783. The van der Waals surface area contributed by atoms with E-state index in [1.54, 1.807) is 23.4 Å². The van der Waals surface area contributed by atoms with Crippen molar-refractivity contribution in [1.29, 1.82) is 0 Å². The maximum Gasteiger partial charge on any atom is 0.271 e. The maximum atomic E-state index is 12.7. The lowest BCUT2D eigenvalue weighted by Crippen LogP contribution is -2.62. The molecule has 4 rings (SSSR count). The minimum Gasteiger partial charge on any atom is -0.480 e. The molecule has 0 atom stereocenters. The van der Waals surface area contributed by atoms with Gasteiger partial charge in [-0.25, -0.2) is 4.98 Å². The van der Waals surface area contributed by atoms with E-state index in [0.717, 1.165) is 12.1 Å². The van der Waals surface area contributed by atoms with E-state index in [9.17, 15) is 9.59 Å². The van der Waals surface area contributed by atoms with E-state index in [2.05, 4.69) is 19.9 Å². The van der Waals surface area contributed by atoms with Crippen LogP contribution in [0.5, 0.6) is 5.88 Å². The summed E-state index contributed by atoms with van der Waals surface area (Å²) in [5.74, 6) is 0.956. The summed E-state index contributed by atoms with van der Waals surface area (Å²) >= 11 is 0. The number of nitrogens with one attached hydrogen (secondary N) is 1. The minimum atomic E-state index is -0.150. The number of methoxy groups -OCH3 is 1. The molecule has 30 heavy (non-hydrogen) atoms. The van der Waals surface area contributed by atoms with Crippen LogP contribution in [0.25, 0.3) is 11.3 Å². The first kappa shape index (κ1) is 20.1. The number of H-pyrrole nitrogens is 1. The van der Waals surface area contributed by atoms with Crippen LogP contribution in [-0.4, -0.2) is 65.1 Å². The summed E-state index contributed by atoms with van der Waals surface area (Å²) in [4.78, 5) is 40.2. The fourth-order valence-electron chi connectivity index (χ4n) is 3.55. The smallest absolute Gasteiger partial charge is 0.271 e. The number of aromatic amines is 1. The van der Waals surface area contributed by atoms with Crippen molar-refractivity contribution in [1.82, 2.24) is 19.9 Å². The van der Waals surface area contributed by atoms with Gasteiger partial charge in [0.05, 0.1) is 31.2 Å². The molecular weight excluding hydrogens is 384 g/mol. The van der Waals surface area contributed by atoms with Crippen LogP contribution in [0.3, 0.4) is 0 Å². The number of ether oxygens (including phenoxy) is 1. The van der Waals surface area contributed by atoms with Gasteiger partial charge in [-0.3, -0.25) is 14.6 Å². The molecule has 0 radical (unpaired) electrons. The van der Waals surface area contributed by atoms with Crippen LogP contribution < -0.4 is 20.9 Å². The molecule has 2 aliphatic rings. The third kappa shape index (κ3) is 4.35. The van der Waals surface area contributed by atoms with E-state index < -0.39 is 0 Å². The summed E-state index contributed by atoms with van der Waals surface area (Å²) in [6, 6.07) is 1.96. The van der Waals surface area contributed by atoms with Crippen molar-refractivity contribution < 1.29 is 9.53 Å². The van der Waals surface area contributed by atoms with Gasteiger partial charge in [-0.1, -0.05) is 6.08 Å². The summed E-state index contributed by atoms with van der Waals surface area (Å²) in [7, 11) is 1.54. The molecule has 2 fully saturated rings. The summed E-state index contributed by atoms with van der Waals surface area (Å²) in [5, 5.41) is 0. The second-order valence-corrected chi connectivity index (χ2v) is 7.68. The van der Waals surface area contributed by atoms with E-state index in [1.165, 1.54) is 32.2 Å². The Labute approximate surface area is 174 Å². The highest BCUT2D eigenvalue weighted by Gasteiger charge is 2.37. The highest BCUT2D eigenvalue weighted by molar-refractivity contribution is 5.88. The van der Waals surface area contributed by atoms with Gasteiger partial charge in [-0.05, 0) is 24.8 Å². The van der Waals surface area contributed by atoms with Gasteiger partial charge in [-0.2, -0.15) is 0 Å². The number of carbonyl (C=O) groups excluding carboxylic acids is 1. The molecule has 9 nitrogen and oxygen atoms in total. The molecule has 0 bridgehead atoms. The SMILES string of the molecule is COc1cncc(-c2c[nH]c(=O)c(N(CC3CC3)C3CN(C(=O)C=CCN)C3)c2)n1. The molecule has 3 heterocycles. The molecule has 2 aromatic rings. The number of anilines is 1. The number of aromatic nitrogens is 3. The Kier molecular flexibility index (Phi) is 5.80. The van der Waals surface area contributed by atoms with Crippen molar-refractivity contribution in [2.45, 2.75) is 18.9 Å². The quantitative estimate of drug-likeness (QED) is 0.618. The maximum absolute atomic E-state index is 12.7. The van der Waals surface area contributed by atoms with Gasteiger partial charge in [0.15, 0.2) is 0 Å². The molecule has 1 aliphatic carbocycles. The Morgan fingerprint density at radius 2 is 2.20 bits per heavy atom. The molecule has 0 aromatic carbocycles. The average molecular weight is 410 g/mol. The zero-order valence-corrected chi connectivity index (χ0v) is 17.0. The summed E-state index contributed by atoms with van der Waals surface area (Å²) in [6.07, 6.45) is 10.3. The molecule has 1 amide bonds. The van der Waals surface area contributed by atoms with Crippen molar-refractivity contribution in [3.8, 4) is 17.1 Å². The number of pyridine rings is 1. The van der Waals surface area contributed by atoms with Crippen LogP contribution in [0.1, 0.15) is 12.8 Å². The highest BCUT2D eigenvalue weighted by atomic mass is 16.5. The van der Waals surface area contributed by atoms with Gasteiger partial charge in [0, 0.05) is 44.0 Å². The summed E-state index contributed by atoms with van der Waals surface area (Å²) in [5.41, 5.74) is 7.25. The van der Waals surface area contributed by atoms with Crippen LogP contribution in [0.4, 0.5) is 5.69 Å². The van der Waals surface area contributed by atoms with Gasteiger partial charge in [0.1, 0.15) is 5.69 Å². The topological polar surface area (TPSA) is 117 Å². The number of nitrogens with two attached hydrogens (primary N) is 1. The zero-order valence-electron chi connectivity index (χ0n) is 17.0. The second-order valence-electron chi connectivity index (χ2n) is 7.68. The standard InChI is InChI=1S/C21H26N6O3/c1-30-19-10-23-9-17(25-19)15-7-18(21(29)24-8-15)27(11-14-4-5-14)16-12-26(13-16)20(28)3-2-6-22/h2-3,7-10,14,16H,4-6,11-13,22H2,1H3,(H,24,29). The monoisotopic (exact) mass is 410 g/mol. The van der Waals surface area contributed by atoms with E-state index in [4.69, 9.17) is 10.5 Å². The normalized spacial score (nSPS) is 16.5. The van der Waals surface area contributed by atoms with Gasteiger partial charge in [-0.15, -0.1) is 0 Å². The molecule has 158 valence electrons. The number of carbonyl (C=O) groups is 1. The minimum absolute atomic E-state index is 0.0441. The molecular formula is C21H26N6O3. The number of hydrogen-bond acceptors (Lipinski definition) is 7. The first-order chi connectivity index (χ1) is 14.6. The van der Waals surface area contributed by atoms with E-state index in [1.807, 2.05) is 6.07 Å². The van der Waals surface area contributed by atoms with Crippen LogP contribution in [0.15, 0.2) is 41.6 Å². The van der Waals surface area contributed by atoms with E-state index >= 15 is 0 Å². The van der Waals surface area contributed by atoms with Gasteiger partial charge >= 0.3 is 0 Å². The Hall–Kier alpha value is -3.20. The largest absolute Gasteiger partial charge is 0.480 e. The molecule has 1 saturated heterocycles. The lowest BCUT2D eigenvalue weighted by Gasteiger charge is -2.46. The number of hydrogen-bond donors (Lipinski definition) is 2. The predicted molar refractivity (Wildman–Crippen MR) is 113 cm³/mol. The lowest BCUT2D eigenvalue weighted by atomic mass is 10.0. The molecule has 3 N–H and O–H groups in total. The summed E-state index contributed by atoms with van der Waals surface area (Å²) in [6.45, 7) is 2.32. The average Bonchev–Trinajstić information content (AvgIpc) is 3.55. The molecule has 9 heteroatoms. The van der Waals surface area contributed by atoms with Crippen LogP contribution >= 0.6 is 0 Å². The molecule has 0 unspecified atom stereocenters. The fourth-order valence-corrected chi connectivity index (χ4v) is 3.55. The van der Waals surface area contributed by atoms with Crippen molar-refractivity contribution in [2.24, 2.45) is 11.7 Å². The molecule has 1 aliphatic heterocycles. The van der Waals surface area contributed by atoms with Crippen molar-refractivity contribution >= 4 is 11.6 Å². The van der Waals surface area contributed by atoms with Crippen LogP contribution in [0.2, 0.25) is 0 Å². The van der Waals surface area contributed by atoms with Gasteiger partial charge in [0.25, 0.3) is 5.56 Å². The summed E-state index contributed by atoms with van der Waals surface area (Å²) < 4.78 is 5.16. The molecule has 2 aromatic heterocycles. The van der Waals surface area contributed by atoms with Gasteiger partial charge in [0.2, 0.25) is 11.8 Å². The lowest BCUT2D eigenvalue weighted by molar-refractivity contribution is -0.130. The van der Waals surface area contributed by atoms with Crippen molar-refractivity contribution in [3.63, 3.8) is 0 Å². The third-order valence-electron chi connectivity index (χ3n) is 5.47. The highest BCUT2D eigenvalue weighted by Crippen LogP contribution is 2.33. The number of rotatable bonds is 8. The molecule has 0 spiro atoms. The van der Waals surface area contributed by atoms with Crippen molar-refractivity contribution in [2.75, 3.05) is 38.2 Å². The van der Waals surface area contributed by atoms with Crippen molar-refractivity contribution in [3.05, 3.63) is 47.2 Å². The number of likely N-dealkylation sites (tertiary alicyclic amines) is 1. The van der Waals surface area contributed by atoms with Gasteiger partial charge < -0.3 is 25.3 Å². The number of amides is 1. The van der Waals surface area contributed by atoms with E-state index in [-0.39, 0.29) is 17.5 Å². The fraction of sp³-hybridized carbons (Fsp3) is 0.429. The third-order valence-corrected chi connectivity index (χ3v) is 5.47. The Morgan fingerprint density at radius 1 is 1.40 bits per heavy atom. The Bertz CT molecular complexity index is 994. The van der Waals surface area contributed by atoms with Crippen LogP contribution in [-0.2, 0) is 4.79 Å². The number of nitrogens with zero attached hydrogens (tertiary/aromatic N) is 4. The molecule has 1 saturated carbocycles. The first-order valence-electron chi connectivity index (χ1n) is 10.1. The van der Waals surface area contributed by atoms with Crippen LogP contribution in [0, 0.1) is 5.92 Å².